The van der Waals surface area contributed by atoms with E-state index in [4.69, 9.17) is 4.98 Å². The van der Waals surface area contributed by atoms with Crippen molar-refractivity contribution in [2.24, 2.45) is 7.05 Å². The van der Waals surface area contributed by atoms with Crippen molar-refractivity contribution in [1.82, 2.24) is 19.4 Å². The number of imidazole rings is 1. The molecule has 6 heteroatoms. The van der Waals surface area contributed by atoms with Gasteiger partial charge in [0.25, 0.3) is 0 Å². The average molecular weight is 434 g/mol. The van der Waals surface area contributed by atoms with Crippen molar-refractivity contribution in [3.63, 3.8) is 0 Å². The van der Waals surface area contributed by atoms with E-state index < -0.39 is 0 Å². The molecule has 4 rings (SSSR count). The van der Waals surface area contributed by atoms with E-state index in [2.05, 4.69) is 70.1 Å². The lowest BCUT2D eigenvalue weighted by Gasteiger charge is -2.34. The molecule has 0 radical (unpaired) electrons. The van der Waals surface area contributed by atoms with Gasteiger partial charge in [0.15, 0.2) is 0 Å². The largest absolute Gasteiger partial charge is 0.331 e. The molecule has 6 nitrogen and oxygen atoms in total. The summed E-state index contributed by atoms with van der Waals surface area (Å²) in [5, 5.41) is 3.00. The second kappa shape index (κ2) is 10.7. The monoisotopic (exact) mass is 433 g/mol. The van der Waals surface area contributed by atoms with Gasteiger partial charge in [0.05, 0.1) is 11.0 Å². The first kappa shape index (κ1) is 22.5. The fourth-order valence-electron chi connectivity index (χ4n) is 4.38. The zero-order valence-electron chi connectivity index (χ0n) is 19.4. The number of nitrogens with one attached hydrogen (secondary N) is 1. The van der Waals surface area contributed by atoms with Gasteiger partial charge in [-0.05, 0) is 30.2 Å². The van der Waals surface area contributed by atoms with Crippen LogP contribution < -0.4 is 5.32 Å². The Morgan fingerprint density at radius 1 is 1.03 bits per heavy atom. The van der Waals surface area contributed by atoms with Gasteiger partial charge < -0.3 is 14.8 Å². The minimum atomic E-state index is 0.0776. The molecular formula is C26H35N5O. The highest BCUT2D eigenvalue weighted by Crippen LogP contribution is 2.21. The number of carbonyl (C=O) groups excluding carboxylic acids is 1. The molecule has 1 N–H and O–H groups in total. The van der Waals surface area contributed by atoms with E-state index in [1.165, 1.54) is 5.56 Å². The normalized spacial score (nSPS) is 15.3. The van der Waals surface area contributed by atoms with Crippen molar-refractivity contribution in [3.05, 3.63) is 59.9 Å². The second-order valence-corrected chi connectivity index (χ2v) is 8.80. The second-order valence-electron chi connectivity index (χ2n) is 8.80. The molecule has 1 fully saturated rings. The summed E-state index contributed by atoms with van der Waals surface area (Å²) in [7, 11) is 2.09. The van der Waals surface area contributed by atoms with Crippen LogP contribution in [-0.2, 0) is 24.8 Å². The number of hydrogen-bond donors (Lipinski definition) is 1. The van der Waals surface area contributed by atoms with E-state index in [1.807, 2.05) is 12.1 Å². The van der Waals surface area contributed by atoms with Crippen LogP contribution >= 0.6 is 0 Å². The predicted molar refractivity (Wildman–Crippen MR) is 131 cm³/mol. The first-order valence-corrected chi connectivity index (χ1v) is 11.9. The Balaban J connectivity index is 1.29. The van der Waals surface area contributed by atoms with Crippen LogP contribution in [0.25, 0.3) is 11.0 Å². The Morgan fingerprint density at radius 3 is 2.53 bits per heavy atom. The Kier molecular flexibility index (Phi) is 7.55. The van der Waals surface area contributed by atoms with E-state index in [-0.39, 0.29) is 5.91 Å². The number of hydrogen-bond acceptors (Lipinski definition) is 4. The van der Waals surface area contributed by atoms with Crippen LogP contribution in [0.4, 0.5) is 5.69 Å². The highest BCUT2D eigenvalue weighted by atomic mass is 16.1. The molecule has 170 valence electrons. The number of nitrogens with zero attached hydrogens (tertiary/aromatic N) is 4. The number of amides is 1. The van der Waals surface area contributed by atoms with Crippen LogP contribution in [0, 0.1) is 0 Å². The van der Waals surface area contributed by atoms with Crippen LogP contribution in [0.1, 0.15) is 37.6 Å². The predicted octanol–water partition coefficient (Wildman–Crippen LogP) is 4.06. The summed E-state index contributed by atoms with van der Waals surface area (Å²) >= 11 is 0. The van der Waals surface area contributed by atoms with Crippen molar-refractivity contribution >= 4 is 22.6 Å². The quantitative estimate of drug-likeness (QED) is 0.553. The molecule has 0 aliphatic carbocycles. The summed E-state index contributed by atoms with van der Waals surface area (Å²) in [6, 6.07) is 16.8. The Hall–Kier alpha value is -2.70. The number of unbranched alkanes of at least 4 members (excludes halogenated alkanes) is 1. The molecule has 1 amide bonds. The molecule has 0 bridgehead atoms. The molecular weight excluding hydrogens is 398 g/mol. The molecule has 3 aromatic rings. The fraction of sp³-hybridized carbons (Fsp3) is 0.462. The van der Waals surface area contributed by atoms with E-state index in [0.717, 1.165) is 81.1 Å². The van der Waals surface area contributed by atoms with E-state index >= 15 is 0 Å². The highest BCUT2D eigenvalue weighted by molar-refractivity contribution is 5.93. The molecule has 1 aliphatic rings. The van der Waals surface area contributed by atoms with Crippen molar-refractivity contribution in [2.75, 3.05) is 38.0 Å². The zero-order chi connectivity index (χ0) is 22.3. The maximum atomic E-state index is 12.0. The summed E-state index contributed by atoms with van der Waals surface area (Å²) in [4.78, 5) is 22.0. The van der Waals surface area contributed by atoms with Crippen molar-refractivity contribution in [2.45, 2.75) is 39.2 Å². The SMILES string of the molecule is CCCCC(=O)Nc1ccc2c(c1)nc(CCN1CCN(Cc3ccccc3)CC1)n2C. The van der Waals surface area contributed by atoms with E-state index in [0.29, 0.717) is 6.42 Å². The third-order valence-electron chi connectivity index (χ3n) is 6.38. The minimum Gasteiger partial charge on any atom is -0.331 e. The van der Waals surface area contributed by atoms with Crippen LogP contribution in [0.2, 0.25) is 0 Å². The molecule has 1 aliphatic heterocycles. The van der Waals surface area contributed by atoms with Crippen LogP contribution in [0.3, 0.4) is 0 Å². The first-order valence-electron chi connectivity index (χ1n) is 11.9. The lowest BCUT2D eigenvalue weighted by atomic mass is 10.2. The van der Waals surface area contributed by atoms with Gasteiger partial charge in [-0.15, -0.1) is 0 Å². The van der Waals surface area contributed by atoms with Crippen LogP contribution in [0.5, 0.6) is 0 Å². The minimum absolute atomic E-state index is 0.0776. The summed E-state index contributed by atoms with van der Waals surface area (Å²) in [6.07, 6.45) is 3.45. The topological polar surface area (TPSA) is 53.4 Å². The van der Waals surface area contributed by atoms with Gasteiger partial charge >= 0.3 is 0 Å². The molecule has 0 saturated carbocycles. The van der Waals surface area contributed by atoms with Gasteiger partial charge in [-0.3, -0.25) is 9.69 Å². The van der Waals surface area contributed by atoms with Gasteiger partial charge in [0.1, 0.15) is 5.82 Å². The number of aryl methyl sites for hydroxylation is 1. The molecule has 0 spiro atoms. The Morgan fingerprint density at radius 2 is 1.78 bits per heavy atom. The Labute approximate surface area is 191 Å². The molecule has 0 unspecified atom stereocenters. The average Bonchev–Trinajstić information content (AvgIpc) is 3.12. The fourth-order valence-corrected chi connectivity index (χ4v) is 4.38. The molecule has 2 aromatic carbocycles. The summed E-state index contributed by atoms with van der Waals surface area (Å²) in [6.45, 7) is 8.58. The summed E-state index contributed by atoms with van der Waals surface area (Å²) < 4.78 is 2.18. The standard InChI is InChI=1S/C26H35N5O/c1-3-4-10-26(32)27-22-11-12-24-23(19-22)28-25(29(24)2)13-14-30-15-17-31(18-16-30)20-21-8-6-5-7-9-21/h5-9,11-12,19H,3-4,10,13-18,20H2,1-2H3,(H,27,32). The summed E-state index contributed by atoms with van der Waals surface area (Å²) in [5.74, 6) is 1.18. The lowest BCUT2D eigenvalue weighted by Crippen LogP contribution is -2.46. The van der Waals surface area contributed by atoms with Crippen molar-refractivity contribution < 1.29 is 4.79 Å². The van der Waals surface area contributed by atoms with Gasteiger partial charge in [-0.1, -0.05) is 43.7 Å². The zero-order valence-corrected chi connectivity index (χ0v) is 19.4. The maximum Gasteiger partial charge on any atom is 0.224 e. The van der Waals surface area contributed by atoms with Crippen molar-refractivity contribution in [1.29, 1.82) is 0 Å². The molecule has 32 heavy (non-hydrogen) atoms. The number of aromatic nitrogens is 2. The van der Waals surface area contributed by atoms with Gasteiger partial charge in [-0.2, -0.15) is 0 Å². The van der Waals surface area contributed by atoms with Gasteiger partial charge in [-0.25, -0.2) is 4.98 Å². The number of rotatable bonds is 9. The van der Waals surface area contributed by atoms with Crippen LogP contribution in [0.15, 0.2) is 48.5 Å². The Bertz CT molecular complexity index is 1020. The third-order valence-corrected chi connectivity index (χ3v) is 6.38. The highest BCUT2D eigenvalue weighted by Gasteiger charge is 2.18. The lowest BCUT2D eigenvalue weighted by molar-refractivity contribution is -0.116. The van der Waals surface area contributed by atoms with Crippen molar-refractivity contribution in [3.8, 4) is 0 Å². The van der Waals surface area contributed by atoms with Gasteiger partial charge in [0.2, 0.25) is 5.91 Å². The molecule has 0 atom stereocenters. The smallest absolute Gasteiger partial charge is 0.224 e. The third kappa shape index (κ3) is 5.75. The first-order chi connectivity index (χ1) is 15.6. The van der Waals surface area contributed by atoms with E-state index in [9.17, 15) is 4.79 Å². The van der Waals surface area contributed by atoms with Gasteiger partial charge in [0, 0.05) is 64.8 Å². The number of piperazine rings is 1. The molecule has 1 aromatic heterocycles. The molecule has 1 saturated heterocycles. The maximum absolute atomic E-state index is 12.0. The number of benzene rings is 2. The van der Waals surface area contributed by atoms with E-state index in [1.54, 1.807) is 0 Å². The number of fused-ring (bicyclic) bond motifs is 1. The number of anilines is 1. The molecule has 2 heterocycles. The number of carbonyl (C=O) groups is 1. The van der Waals surface area contributed by atoms with Crippen LogP contribution in [-0.4, -0.2) is 58.0 Å². The summed E-state index contributed by atoms with van der Waals surface area (Å²) in [5.41, 5.74) is 4.28.